The van der Waals surface area contributed by atoms with Crippen molar-refractivity contribution in [3.63, 3.8) is 0 Å². The molecule has 0 bridgehead atoms. The quantitative estimate of drug-likeness (QED) is 0.424. The second-order valence-corrected chi connectivity index (χ2v) is 7.18. The van der Waals surface area contributed by atoms with Crippen LogP contribution in [0.25, 0.3) is 17.2 Å². The minimum absolute atomic E-state index is 0.183. The van der Waals surface area contributed by atoms with Crippen molar-refractivity contribution in [2.45, 2.75) is 13.0 Å². The third-order valence-corrected chi connectivity index (χ3v) is 5.04. The molecule has 0 fully saturated rings. The molecule has 4 rings (SSSR count). The standard InChI is InChI=1S/C26H21FN2O2/c27-22-12-10-21(11-13-22)24-17-19(9-14-23(24)26(30)31)7-4-8-25-28-15-16-29(25)18-20-5-2-1-3-6-20/h1-7,9-17H,8,18H2,(H,30,31). The summed E-state index contributed by atoms with van der Waals surface area (Å²) >= 11 is 0. The lowest BCUT2D eigenvalue weighted by Gasteiger charge is -2.08. The molecule has 4 nitrogen and oxygen atoms in total. The number of nitrogens with zero attached hydrogens (tertiary/aromatic N) is 2. The Morgan fingerprint density at radius 3 is 2.55 bits per heavy atom. The number of imidazole rings is 1. The first-order valence-corrected chi connectivity index (χ1v) is 9.94. The summed E-state index contributed by atoms with van der Waals surface area (Å²) < 4.78 is 15.4. The van der Waals surface area contributed by atoms with Gasteiger partial charge in [-0.05, 0) is 46.5 Å². The minimum atomic E-state index is -1.02. The summed E-state index contributed by atoms with van der Waals surface area (Å²) in [6.07, 6.45) is 8.35. The predicted molar refractivity (Wildman–Crippen MR) is 119 cm³/mol. The molecular formula is C26H21FN2O2. The van der Waals surface area contributed by atoms with Crippen molar-refractivity contribution in [1.82, 2.24) is 9.55 Å². The van der Waals surface area contributed by atoms with Gasteiger partial charge in [-0.2, -0.15) is 0 Å². The lowest BCUT2D eigenvalue weighted by atomic mass is 9.97. The third kappa shape index (κ3) is 4.95. The average molecular weight is 412 g/mol. The number of rotatable bonds is 7. The van der Waals surface area contributed by atoms with Crippen LogP contribution in [-0.2, 0) is 13.0 Å². The van der Waals surface area contributed by atoms with Crippen LogP contribution in [0.5, 0.6) is 0 Å². The summed E-state index contributed by atoms with van der Waals surface area (Å²) in [6.45, 7) is 0.756. The van der Waals surface area contributed by atoms with E-state index < -0.39 is 5.97 Å². The number of carbonyl (C=O) groups is 1. The molecule has 5 heteroatoms. The first kappa shape index (κ1) is 20.3. The van der Waals surface area contributed by atoms with E-state index in [0.717, 1.165) is 17.9 Å². The van der Waals surface area contributed by atoms with E-state index >= 15 is 0 Å². The Kier molecular flexibility index (Phi) is 6.03. The monoisotopic (exact) mass is 412 g/mol. The number of aromatic nitrogens is 2. The first-order chi connectivity index (χ1) is 15.1. The summed E-state index contributed by atoms with van der Waals surface area (Å²) in [5.74, 6) is -0.429. The van der Waals surface area contributed by atoms with E-state index in [1.165, 1.54) is 17.7 Å². The zero-order valence-electron chi connectivity index (χ0n) is 16.8. The van der Waals surface area contributed by atoms with E-state index in [1.54, 1.807) is 30.5 Å². The van der Waals surface area contributed by atoms with Crippen LogP contribution in [0.15, 0.2) is 91.3 Å². The van der Waals surface area contributed by atoms with Gasteiger partial charge in [0.15, 0.2) is 0 Å². The highest BCUT2D eigenvalue weighted by Crippen LogP contribution is 2.26. The molecule has 0 spiro atoms. The lowest BCUT2D eigenvalue weighted by Crippen LogP contribution is -2.03. The molecule has 1 heterocycles. The maximum absolute atomic E-state index is 13.3. The van der Waals surface area contributed by atoms with Gasteiger partial charge in [0.25, 0.3) is 0 Å². The van der Waals surface area contributed by atoms with E-state index in [0.29, 0.717) is 17.5 Å². The van der Waals surface area contributed by atoms with Crippen LogP contribution in [0.4, 0.5) is 4.39 Å². The highest BCUT2D eigenvalue weighted by molar-refractivity contribution is 5.96. The number of halogens is 1. The molecule has 4 aromatic rings. The molecule has 0 radical (unpaired) electrons. The van der Waals surface area contributed by atoms with Gasteiger partial charge in [0.2, 0.25) is 0 Å². The number of allylic oxidation sites excluding steroid dienone is 1. The molecule has 31 heavy (non-hydrogen) atoms. The van der Waals surface area contributed by atoms with Crippen LogP contribution in [0.1, 0.15) is 27.3 Å². The fourth-order valence-electron chi connectivity index (χ4n) is 3.47. The van der Waals surface area contributed by atoms with Crippen molar-refractivity contribution in [1.29, 1.82) is 0 Å². The second-order valence-electron chi connectivity index (χ2n) is 7.18. The van der Waals surface area contributed by atoms with Gasteiger partial charge in [0, 0.05) is 25.4 Å². The Morgan fingerprint density at radius 2 is 1.81 bits per heavy atom. The van der Waals surface area contributed by atoms with Gasteiger partial charge in [-0.1, -0.05) is 60.7 Å². The summed E-state index contributed by atoms with van der Waals surface area (Å²) in [4.78, 5) is 16.1. The molecule has 0 saturated carbocycles. The minimum Gasteiger partial charge on any atom is -0.478 e. The number of hydrogen-bond donors (Lipinski definition) is 1. The smallest absolute Gasteiger partial charge is 0.336 e. The van der Waals surface area contributed by atoms with Crippen LogP contribution in [-0.4, -0.2) is 20.6 Å². The highest BCUT2D eigenvalue weighted by Gasteiger charge is 2.12. The molecule has 154 valence electrons. The zero-order valence-corrected chi connectivity index (χ0v) is 16.8. The molecule has 0 aliphatic rings. The maximum Gasteiger partial charge on any atom is 0.336 e. The first-order valence-electron chi connectivity index (χ1n) is 9.94. The summed E-state index contributed by atoms with van der Waals surface area (Å²) in [5.41, 5.74) is 3.47. The maximum atomic E-state index is 13.3. The van der Waals surface area contributed by atoms with Crippen molar-refractivity contribution < 1.29 is 14.3 Å². The number of hydrogen-bond acceptors (Lipinski definition) is 2. The number of carboxylic acid groups (broad SMARTS) is 1. The van der Waals surface area contributed by atoms with Crippen molar-refractivity contribution in [3.05, 3.63) is 120 Å². The molecule has 0 aliphatic heterocycles. The van der Waals surface area contributed by atoms with Gasteiger partial charge in [-0.3, -0.25) is 0 Å². The second kappa shape index (κ2) is 9.22. The predicted octanol–water partition coefficient (Wildman–Crippen LogP) is 5.69. The van der Waals surface area contributed by atoms with E-state index in [4.69, 9.17) is 0 Å². The van der Waals surface area contributed by atoms with Crippen molar-refractivity contribution in [2.75, 3.05) is 0 Å². The highest BCUT2D eigenvalue weighted by atomic mass is 19.1. The fourth-order valence-corrected chi connectivity index (χ4v) is 3.47. The molecule has 0 atom stereocenters. The van der Waals surface area contributed by atoms with Gasteiger partial charge in [-0.15, -0.1) is 0 Å². The number of benzene rings is 3. The Morgan fingerprint density at radius 1 is 1.03 bits per heavy atom. The SMILES string of the molecule is O=C(O)c1ccc(C=CCc2nccn2Cc2ccccc2)cc1-c1ccc(F)cc1. The van der Waals surface area contributed by atoms with E-state index in [2.05, 4.69) is 21.7 Å². The Balaban J connectivity index is 1.54. The van der Waals surface area contributed by atoms with Gasteiger partial charge < -0.3 is 9.67 Å². The van der Waals surface area contributed by atoms with Crippen molar-refractivity contribution >= 4 is 12.0 Å². The topological polar surface area (TPSA) is 55.1 Å². The van der Waals surface area contributed by atoms with Crippen molar-refractivity contribution in [3.8, 4) is 11.1 Å². The van der Waals surface area contributed by atoms with E-state index in [9.17, 15) is 14.3 Å². The summed E-state index contributed by atoms with van der Waals surface area (Å²) in [5, 5.41) is 9.52. The van der Waals surface area contributed by atoms with Gasteiger partial charge in [0.05, 0.1) is 5.56 Å². The number of aromatic carboxylic acids is 1. The molecule has 1 aromatic heterocycles. The number of carboxylic acids is 1. The molecule has 0 amide bonds. The van der Waals surface area contributed by atoms with Gasteiger partial charge in [-0.25, -0.2) is 14.2 Å². The van der Waals surface area contributed by atoms with Gasteiger partial charge >= 0.3 is 5.97 Å². The Hall–Kier alpha value is -3.99. The fraction of sp³-hybridized carbons (Fsp3) is 0.0769. The normalized spacial score (nSPS) is 11.1. The molecule has 3 aromatic carbocycles. The molecule has 0 unspecified atom stereocenters. The third-order valence-electron chi connectivity index (χ3n) is 5.04. The molecular weight excluding hydrogens is 391 g/mol. The lowest BCUT2D eigenvalue weighted by molar-refractivity contribution is 0.0697. The molecule has 1 N–H and O–H groups in total. The Bertz CT molecular complexity index is 1210. The van der Waals surface area contributed by atoms with Crippen LogP contribution in [0.2, 0.25) is 0 Å². The van der Waals surface area contributed by atoms with Crippen molar-refractivity contribution in [2.24, 2.45) is 0 Å². The van der Waals surface area contributed by atoms with E-state index in [1.807, 2.05) is 42.6 Å². The molecule has 0 aliphatic carbocycles. The van der Waals surface area contributed by atoms with Crippen LogP contribution in [0, 0.1) is 5.82 Å². The van der Waals surface area contributed by atoms with Crippen LogP contribution in [0.3, 0.4) is 0 Å². The summed E-state index contributed by atoms with van der Waals surface area (Å²) in [6, 6.07) is 21.2. The average Bonchev–Trinajstić information content (AvgIpc) is 3.21. The summed E-state index contributed by atoms with van der Waals surface area (Å²) in [7, 11) is 0. The van der Waals surface area contributed by atoms with Gasteiger partial charge in [0.1, 0.15) is 11.6 Å². The van der Waals surface area contributed by atoms with Crippen LogP contribution < -0.4 is 0 Å². The molecule has 0 saturated heterocycles. The zero-order chi connectivity index (χ0) is 21.6. The Labute approximate surface area is 179 Å². The largest absolute Gasteiger partial charge is 0.478 e. The van der Waals surface area contributed by atoms with Crippen LogP contribution >= 0.6 is 0 Å². The van der Waals surface area contributed by atoms with E-state index in [-0.39, 0.29) is 11.4 Å².